The summed E-state index contributed by atoms with van der Waals surface area (Å²) in [5, 5.41) is 11.7. The van der Waals surface area contributed by atoms with E-state index in [0.717, 1.165) is 12.8 Å². The zero-order valence-electron chi connectivity index (χ0n) is 11.7. The van der Waals surface area contributed by atoms with Crippen molar-refractivity contribution in [2.24, 2.45) is 5.92 Å². The van der Waals surface area contributed by atoms with Crippen molar-refractivity contribution in [1.29, 1.82) is 0 Å². The summed E-state index contributed by atoms with van der Waals surface area (Å²) >= 11 is 0. The van der Waals surface area contributed by atoms with E-state index in [1.165, 1.54) is 7.11 Å². The molecule has 6 heteroatoms. The van der Waals surface area contributed by atoms with Crippen molar-refractivity contribution in [2.75, 3.05) is 7.11 Å². The van der Waals surface area contributed by atoms with E-state index < -0.39 is 18.1 Å². The van der Waals surface area contributed by atoms with Crippen molar-refractivity contribution >= 4 is 12.1 Å². The molecule has 4 atom stereocenters. The molecule has 0 saturated carbocycles. The summed E-state index contributed by atoms with van der Waals surface area (Å²) in [7, 11) is 1.22. The minimum Gasteiger partial charge on any atom is -0.480 e. The minimum absolute atomic E-state index is 0.0602. The van der Waals surface area contributed by atoms with Crippen LogP contribution in [0.15, 0.2) is 0 Å². The van der Waals surface area contributed by atoms with Crippen molar-refractivity contribution < 1.29 is 24.2 Å². The molecule has 1 rings (SSSR count). The molecule has 1 fully saturated rings. The number of carbonyl (C=O) groups excluding carboxylic acids is 1. The Morgan fingerprint density at radius 1 is 1.32 bits per heavy atom. The molecule has 1 heterocycles. The van der Waals surface area contributed by atoms with E-state index in [1.807, 2.05) is 13.8 Å². The van der Waals surface area contributed by atoms with Gasteiger partial charge in [-0.15, -0.1) is 0 Å². The van der Waals surface area contributed by atoms with Gasteiger partial charge in [-0.25, -0.2) is 9.59 Å². The first-order valence-electron chi connectivity index (χ1n) is 6.74. The van der Waals surface area contributed by atoms with E-state index in [1.54, 1.807) is 0 Å². The predicted molar refractivity (Wildman–Crippen MR) is 68.9 cm³/mol. The van der Waals surface area contributed by atoms with Crippen molar-refractivity contribution in [1.82, 2.24) is 5.32 Å². The summed E-state index contributed by atoms with van der Waals surface area (Å²) in [6, 6.07) is -0.917. The van der Waals surface area contributed by atoms with Gasteiger partial charge in [0.15, 0.2) is 0 Å². The van der Waals surface area contributed by atoms with Crippen molar-refractivity contribution in [3.05, 3.63) is 0 Å². The first kappa shape index (κ1) is 15.8. The van der Waals surface area contributed by atoms with Crippen LogP contribution < -0.4 is 5.32 Å². The molecule has 0 aromatic carbocycles. The summed E-state index contributed by atoms with van der Waals surface area (Å²) in [5.41, 5.74) is 0. The van der Waals surface area contributed by atoms with Crippen LogP contribution in [-0.4, -0.2) is 42.5 Å². The lowest BCUT2D eigenvalue weighted by Gasteiger charge is -2.37. The monoisotopic (exact) mass is 273 g/mol. The average Bonchev–Trinajstić information content (AvgIpc) is 2.43. The van der Waals surface area contributed by atoms with E-state index in [9.17, 15) is 14.7 Å². The molecule has 1 aliphatic rings. The highest BCUT2D eigenvalue weighted by atomic mass is 16.5. The third-order valence-corrected chi connectivity index (χ3v) is 3.62. The lowest BCUT2D eigenvalue weighted by molar-refractivity contribution is -0.144. The van der Waals surface area contributed by atoms with E-state index in [4.69, 9.17) is 4.74 Å². The summed E-state index contributed by atoms with van der Waals surface area (Å²) in [4.78, 5) is 22.6. The second-order valence-electron chi connectivity index (χ2n) is 4.88. The molecule has 2 N–H and O–H groups in total. The molecule has 0 spiro atoms. The maximum Gasteiger partial charge on any atom is 0.407 e. The number of nitrogens with one attached hydrogen (secondary N) is 1. The highest BCUT2D eigenvalue weighted by molar-refractivity contribution is 5.80. The van der Waals surface area contributed by atoms with Crippen LogP contribution in [0.4, 0.5) is 4.79 Å². The Kier molecular flexibility index (Phi) is 6.08. The van der Waals surface area contributed by atoms with Crippen LogP contribution in [-0.2, 0) is 14.3 Å². The molecule has 110 valence electrons. The molecular formula is C13H23NO5. The van der Waals surface area contributed by atoms with E-state index in [-0.39, 0.29) is 18.1 Å². The van der Waals surface area contributed by atoms with Crippen LogP contribution in [0.1, 0.15) is 39.5 Å². The maximum atomic E-state index is 11.3. The molecule has 1 saturated heterocycles. The first-order valence-corrected chi connectivity index (χ1v) is 6.74. The third-order valence-electron chi connectivity index (χ3n) is 3.62. The van der Waals surface area contributed by atoms with Gasteiger partial charge in [0, 0.05) is 0 Å². The zero-order valence-corrected chi connectivity index (χ0v) is 11.7. The predicted octanol–water partition coefficient (Wildman–Crippen LogP) is 1.78. The number of amides is 1. The number of alkyl carbamates (subject to hydrolysis) is 1. The summed E-state index contributed by atoms with van der Waals surface area (Å²) in [5.74, 6) is -1.15. The van der Waals surface area contributed by atoms with Gasteiger partial charge in [0.25, 0.3) is 0 Å². The lowest BCUT2D eigenvalue weighted by Crippen LogP contribution is -2.50. The molecule has 0 aromatic heterocycles. The molecular weight excluding hydrogens is 250 g/mol. The van der Waals surface area contributed by atoms with Gasteiger partial charge in [0.05, 0.1) is 19.3 Å². The van der Waals surface area contributed by atoms with Crippen LogP contribution in [0.25, 0.3) is 0 Å². The number of hydrogen-bond donors (Lipinski definition) is 2. The van der Waals surface area contributed by atoms with Crippen LogP contribution in [0.5, 0.6) is 0 Å². The van der Waals surface area contributed by atoms with Gasteiger partial charge in [-0.05, 0) is 31.6 Å². The Balaban J connectivity index is 2.76. The molecule has 6 nitrogen and oxygen atoms in total. The lowest BCUT2D eigenvalue weighted by atomic mass is 9.84. The van der Waals surface area contributed by atoms with E-state index in [0.29, 0.717) is 12.8 Å². The molecule has 19 heavy (non-hydrogen) atoms. The summed E-state index contributed by atoms with van der Waals surface area (Å²) < 4.78 is 10.3. The van der Waals surface area contributed by atoms with Gasteiger partial charge in [-0.3, -0.25) is 0 Å². The van der Waals surface area contributed by atoms with Crippen LogP contribution in [0.3, 0.4) is 0 Å². The Morgan fingerprint density at radius 3 is 2.21 bits per heavy atom. The Labute approximate surface area is 113 Å². The second-order valence-corrected chi connectivity index (χ2v) is 4.88. The SMILES string of the molecule is CC[C@@H]1CC(C(NC(=O)OC)C(=O)O)C[C@H](CC)O1. The molecule has 1 aliphatic heterocycles. The Bertz CT molecular complexity index is 308. The topological polar surface area (TPSA) is 84.9 Å². The van der Waals surface area contributed by atoms with E-state index in [2.05, 4.69) is 10.1 Å². The van der Waals surface area contributed by atoms with Gasteiger partial charge in [-0.1, -0.05) is 13.8 Å². The van der Waals surface area contributed by atoms with Gasteiger partial charge < -0.3 is 19.9 Å². The Morgan fingerprint density at radius 2 is 1.84 bits per heavy atom. The number of aliphatic carboxylic acids is 1. The molecule has 0 aliphatic carbocycles. The quantitative estimate of drug-likeness (QED) is 0.797. The molecule has 2 unspecified atom stereocenters. The fourth-order valence-corrected chi connectivity index (χ4v) is 2.52. The Hall–Kier alpha value is -1.30. The van der Waals surface area contributed by atoms with Gasteiger partial charge >= 0.3 is 12.1 Å². The second kappa shape index (κ2) is 7.33. The number of ether oxygens (including phenoxy) is 2. The molecule has 0 aromatic rings. The number of rotatable bonds is 5. The number of carbonyl (C=O) groups is 2. The fourth-order valence-electron chi connectivity index (χ4n) is 2.52. The number of hydrogen-bond acceptors (Lipinski definition) is 4. The fraction of sp³-hybridized carbons (Fsp3) is 0.846. The van der Waals surface area contributed by atoms with Gasteiger partial charge in [-0.2, -0.15) is 0 Å². The van der Waals surface area contributed by atoms with Crippen molar-refractivity contribution in [3.63, 3.8) is 0 Å². The summed E-state index contributed by atoms with van der Waals surface area (Å²) in [6.45, 7) is 4.03. The van der Waals surface area contributed by atoms with Gasteiger partial charge in [0.2, 0.25) is 0 Å². The third kappa shape index (κ3) is 4.38. The first-order chi connectivity index (χ1) is 9.01. The molecule has 0 radical (unpaired) electrons. The molecule has 0 bridgehead atoms. The zero-order chi connectivity index (χ0) is 14.4. The van der Waals surface area contributed by atoms with Gasteiger partial charge in [0.1, 0.15) is 6.04 Å². The molecule has 1 amide bonds. The van der Waals surface area contributed by atoms with Crippen LogP contribution >= 0.6 is 0 Å². The minimum atomic E-state index is -1.03. The smallest absolute Gasteiger partial charge is 0.407 e. The van der Waals surface area contributed by atoms with E-state index >= 15 is 0 Å². The van der Waals surface area contributed by atoms with Crippen molar-refractivity contribution in [3.8, 4) is 0 Å². The van der Waals surface area contributed by atoms with Crippen LogP contribution in [0.2, 0.25) is 0 Å². The number of carboxylic acids is 1. The highest BCUT2D eigenvalue weighted by Gasteiger charge is 2.37. The maximum absolute atomic E-state index is 11.3. The largest absolute Gasteiger partial charge is 0.480 e. The summed E-state index contributed by atoms with van der Waals surface area (Å²) in [6.07, 6.45) is 2.40. The highest BCUT2D eigenvalue weighted by Crippen LogP contribution is 2.30. The van der Waals surface area contributed by atoms with Crippen LogP contribution in [0, 0.1) is 5.92 Å². The van der Waals surface area contributed by atoms with Crippen molar-refractivity contribution in [2.45, 2.75) is 57.8 Å². The normalized spacial score (nSPS) is 28.5. The standard InChI is InChI=1S/C13H23NO5/c1-4-9-6-8(7-10(5-2)19-9)11(12(15)16)14-13(17)18-3/h8-11H,4-7H2,1-3H3,(H,14,17)(H,15,16)/t8?,9-,10+,11?. The number of methoxy groups -OCH3 is 1. The average molecular weight is 273 g/mol. The number of carboxylic acid groups (broad SMARTS) is 1.